The topological polar surface area (TPSA) is 118 Å². The lowest BCUT2D eigenvalue weighted by atomic mass is 9.94. The Kier molecular flexibility index (Phi) is 6.58. The molecule has 3 aromatic rings. The van der Waals surface area contributed by atoms with Gasteiger partial charge in [-0.15, -0.1) is 0 Å². The third-order valence-electron chi connectivity index (χ3n) is 5.68. The normalized spacial score (nSPS) is 14.7. The van der Waals surface area contributed by atoms with Crippen LogP contribution < -0.4 is 4.72 Å². The summed E-state index contributed by atoms with van der Waals surface area (Å²) in [6.07, 6.45) is 4.81. The lowest BCUT2D eigenvalue weighted by Gasteiger charge is -2.21. The number of aromatic carboxylic acids is 1. The fourth-order valence-electron chi connectivity index (χ4n) is 3.78. The molecule has 0 aliphatic carbocycles. The maximum absolute atomic E-state index is 14.4. The van der Waals surface area contributed by atoms with Gasteiger partial charge in [0.15, 0.2) is 5.03 Å². The summed E-state index contributed by atoms with van der Waals surface area (Å²) < 4.78 is 61.5. The molecule has 0 unspecified atom stereocenters. The van der Waals surface area contributed by atoms with E-state index >= 15 is 0 Å². The number of carboxylic acid groups (broad SMARTS) is 1. The van der Waals surface area contributed by atoms with E-state index in [4.69, 9.17) is 9.84 Å². The monoisotopic (exact) mass is 489 g/mol. The predicted molar refractivity (Wildman–Crippen MR) is 119 cm³/mol. The van der Waals surface area contributed by atoms with Crippen molar-refractivity contribution in [2.24, 2.45) is 0 Å². The van der Waals surface area contributed by atoms with Crippen molar-refractivity contribution in [1.29, 1.82) is 0 Å². The summed E-state index contributed by atoms with van der Waals surface area (Å²) in [6.45, 7) is 2.44. The van der Waals surface area contributed by atoms with Crippen LogP contribution in [0.4, 0.5) is 14.5 Å². The van der Waals surface area contributed by atoms with Crippen LogP contribution in [0.2, 0.25) is 0 Å². The SMILES string of the molecule is Cc1c(F)c(C(=O)O)cc(F)c1NS(=O)(=O)c1ccc(-c2ccnc(C3CCOCC3)c2)cn1. The second-order valence-electron chi connectivity index (χ2n) is 7.87. The van der Waals surface area contributed by atoms with E-state index in [0.717, 1.165) is 31.0 Å². The van der Waals surface area contributed by atoms with E-state index < -0.39 is 49.5 Å². The van der Waals surface area contributed by atoms with Crippen LogP contribution in [0.3, 0.4) is 0 Å². The van der Waals surface area contributed by atoms with Crippen molar-refractivity contribution in [3.05, 3.63) is 71.2 Å². The van der Waals surface area contributed by atoms with Gasteiger partial charge >= 0.3 is 5.97 Å². The number of carboxylic acids is 1. The zero-order valence-electron chi connectivity index (χ0n) is 18.1. The Labute approximate surface area is 194 Å². The van der Waals surface area contributed by atoms with Crippen LogP contribution in [0.15, 0.2) is 47.8 Å². The highest BCUT2D eigenvalue weighted by Crippen LogP contribution is 2.30. The minimum Gasteiger partial charge on any atom is -0.478 e. The van der Waals surface area contributed by atoms with Crippen molar-refractivity contribution in [3.8, 4) is 11.1 Å². The highest BCUT2D eigenvalue weighted by molar-refractivity contribution is 7.92. The van der Waals surface area contributed by atoms with E-state index in [1.165, 1.54) is 12.3 Å². The number of rotatable bonds is 6. The fraction of sp³-hybridized carbons (Fsp3) is 0.261. The average Bonchev–Trinajstić information content (AvgIpc) is 2.84. The molecular weight excluding hydrogens is 468 g/mol. The average molecular weight is 490 g/mol. The highest BCUT2D eigenvalue weighted by Gasteiger charge is 2.25. The van der Waals surface area contributed by atoms with Crippen LogP contribution in [0.5, 0.6) is 0 Å². The van der Waals surface area contributed by atoms with Crippen molar-refractivity contribution in [2.45, 2.75) is 30.7 Å². The largest absolute Gasteiger partial charge is 0.478 e. The summed E-state index contributed by atoms with van der Waals surface area (Å²) in [6, 6.07) is 6.96. The Bertz CT molecular complexity index is 1340. The smallest absolute Gasteiger partial charge is 0.338 e. The van der Waals surface area contributed by atoms with Gasteiger partial charge in [0.05, 0.1) is 11.3 Å². The van der Waals surface area contributed by atoms with Gasteiger partial charge in [0.25, 0.3) is 10.0 Å². The predicted octanol–water partition coefficient (Wildman–Crippen LogP) is 4.12. The lowest BCUT2D eigenvalue weighted by molar-refractivity contribution is 0.0691. The van der Waals surface area contributed by atoms with Crippen molar-refractivity contribution in [1.82, 2.24) is 9.97 Å². The minimum absolute atomic E-state index is 0.288. The minimum atomic E-state index is -4.37. The first-order chi connectivity index (χ1) is 16.2. The molecule has 0 atom stereocenters. The molecule has 0 spiro atoms. The number of pyridine rings is 2. The number of nitrogens with one attached hydrogen (secondary N) is 1. The Morgan fingerprint density at radius 3 is 2.50 bits per heavy atom. The van der Waals surface area contributed by atoms with Gasteiger partial charge in [0.1, 0.15) is 11.6 Å². The molecule has 1 saturated heterocycles. The van der Waals surface area contributed by atoms with Crippen LogP contribution in [-0.2, 0) is 14.8 Å². The molecule has 8 nitrogen and oxygen atoms in total. The van der Waals surface area contributed by atoms with E-state index in [0.29, 0.717) is 24.8 Å². The molecule has 1 fully saturated rings. The summed E-state index contributed by atoms with van der Waals surface area (Å²) in [5.74, 6) is -3.82. The van der Waals surface area contributed by atoms with E-state index in [2.05, 4.69) is 9.97 Å². The lowest BCUT2D eigenvalue weighted by Crippen LogP contribution is -2.18. The maximum Gasteiger partial charge on any atom is 0.338 e. The number of hydrogen-bond acceptors (Lipinski definition) is 6. The van der Waals surface area contributed by atoms with Crippen molar-refractivity contribution < 1.29 is 31.8 Å². The van der Waals surface area contributed by atoms with Gasteiger partial charge in [-0.05, 0) is 55.7 Å². The van der Waals surface area contributed by atoms with E-state index in [1.54, 1.807) is 18.3 Å². The zero-order chi connectivity index (χ0) is 24.5. The number of carbonyl (C=O) groups is 1. The quantitative estimate of drug-likeness (QED) is 0.535. The molecule has 0 saturated carbocycles. The fourth-order valence-corrected chi connectivity index (χ4v) is 4.84. The molecule has 0 amide bonds. The molecule has 3 heterocycles. The summed E-state index contributed by atoms with van der Waals surface area (Å²) in [5.41, 5.74) is 0.358. The molecular formula is C23H21F2N3O5S. The Balaban J connectivity index is 1.59. The van der Waals surface area contributed by atoms with Gasteiger partial charge in [0.2, 0.25) is 0 Å². The molecule has 2 N–H and O–H groups in total. The second-order valence-corrected chi connectivity index (χ2v) is 9.50. The molecule has 2 aromatic heterocycles. The van der Waals surface area contributed by atoms with Crippen molar-refractivity contribution >= 4 is 21.7 Å². The zero-order valence-corrected chi connectivity index (χ0v) is 18.9. The molecule has 4 rings (SSSR count). The Morgan fingerprint density at radius 2 is 1.85 bits per heavy atom. The number of ether oxygens (including phenoxy) is 1. The number of benzene rings is 1. The van der Waals surface area contributed by atoms with Crippen LogP contribution in [0.1, 0.15) is 40.4 Å². The second kappa shape index (κ2) is 9.43. The summed E-state index contributed by atoms with van der Waals surface area (Å²) >= 11 is 0. The molecule has 34 heavy (non-hydrogen) atoms. The molecule has 11 heteroatoms. The van der Waals surface area contributed by atoms with Crippen LogP contribution in [0, 0.1) is 18.6 Å². The summed E-state index contributed by atoms with van der Waals surface area (Å²) in [4.78, 5) is 19.5. The van der Waals surface area contributed by atoms with Gasteiger partial charge < -0.3 is 9.84 Å². The van der Waals surface area contributed by atoms with Crippen LogP contribution in [0.25, 0.3) is 11.1 Å². The van der Waals surface area contributed by atoms with Crippen molar-refractivity contribution in [3.63, 3.8) is 0 Å². The van der Waals surface area contributed by atoms with Gasteiger partial charge in [-0.3, -0.25) is 9.71 Å². The molecule has 0 bridgehead atoms. The molecule has 1 aliphatic rings. The van der Waals surface area contributed by atoms with Gasteiger partial charge in [-0.2, -0.15) is 8.42 Å². The summed E-state index contributed by atoms with van der Waals surface area (Å²) in [7, 11) is -4.37. The maximum atomic E-state index is 14.4. The van der Waals surface area contributed by atoms with Crippen molar-refractivity contribution in [2.75, 3.05) is 17.9 Å². The first-order valence-corrected chi connectivity index (χ1v) is 11.9. The number of aromatic nitrogens is 2. The van der Waals surface area contributed by atoms with E-state index in [9.17, 15) is 22.0 Å². The standard InChI is InChI=1S/C23H21F2N3O5S/c1-13-21(25)17(23(29)30)11-18(24)22(13)28-34(31,32)20-3-2-16(12-27-20)15-4-7-26-19(10-15)14-5-8-33-9-6-14/h2-4,7,10-12,14,28H,5-6,8-9H2,1H3,(H,29,30). The summed E-state index contributed by atoms with van der Waals surface area (Å²) in [5, 5.41) is 8.56. The Hall–Kier alpha value is -3.44. The highest BCUT2D eigenvalue weighted by atomic mass is 32.2. The van der Waals surface area contributed by atoms with Crippen LogP contribution >= 0.6 is 0 Å². The van der Waals surface area contributed by atoms with E-state index in [-0.39, 0.29) is 5.92 Å². The van der Waals surface area contributed by atoms with Gasteiger partial charge in [-0.1, -0.05) is 0 Å². The number of hydrogen-bond donors (Lipinski definition) is 2. The molecule has 1 aliphatic heterocycles. The van der Waals surface area contributed by atoms with E-state index in [1.807, 2.05) is 10.8 Å². The number of sulfonamides is 1. The first-order valence-electron chi connectivity index (χ1n) is 10.4. The molecule has 178 valence electrons. The van der Waals surface area contributed by atoms with Gasteiger partial charge in [-0.25, -0.2) is 18.6 Å². The van der Waals surface area contributed by atoms with Gasteiger partial charge in [0, 0.05) is 48.3 Å². The molecule has 1 aromatic carbocycles. The number of nitrogens with zero attached hydrogens (tertiary/aromatic N) is 2. The third-order valence-corrected chi connectivity index (χ3v) is 6.95. The number of halogens is 2. The molecule has 0 radical (unpaired) electrons. The first kappa shape index (κ1) is 23.7. The Morgan fingerprint density at radius 1 is 1.12 bits per heavy atom. The third kappa shape index (κ3) is 4.75. The number of anilines is 1. The van der Waals surface area contributed by atoms with Crippen LogP contribution in [-0.4, -0.2) is 42.7 Å².